The second-order valence-electron chi connectivity index (χ2n) is 4.31. The molecule has 0 unspecified atom stereocenters. The summed E-state index contributed by atoms with van der Waals surface area (Å²) < 4.78 is 26.2. The predicted molar refractivity (Wildman–Crippen MR) is 77.5 cm³/mol. The van der Waals surface area contributed by atoms with E-state index >= 15 is 0 Å². The van der Waals surface area contributed by atoms with Crippen molar-refractivity contribution >= 4 is 39.0 Å². The Kier molecular flexibility index (Phi) is 4.27. The first-order valence-corrected chi connectivity index (χ1v) is 8.05. The van der Waals surface area contributed by atoms with Crippen LogP contribution in [0.15, 0.2) is 29.3 Å². The van der Waals surface area contributed by atoms with E-state index in [1.54, 1.807) is 19.3 Å². The third-order valence-corrected chi connectivity index (χ3v) is 5.08. The van der Waals surface area contributed by atoms with Gasteiger partial charge in [0.05, 0.1) is 26.9 Å². The van der Waals surface area contributed by atoms with Crippen molar-refractivity contribution in [1.82, 2.24) is 9.78 Å². The van der Waals surface area contributed by atoms with Gasteiger partial charge in [-0.25, -0.2) is 13.2 Å². The van der Waals surface area contributed by atoms with E-state index in [1.807, 2.05) is 0 Å². The molecule has 1 N–H and O–H groups in total. The first kappa shape index (κ1) is 15.8. The molecule has 112 valence electrons. The maximum absolute atomic E-state index is 12.4. The van der Waals surface area contributed by atoms with Crippen LogP contribution in [0.25, 0.3) is 0 Å². The van der Waals surface area contributed by atoms with Crippen molar-refractivity contribution < 1.29 is 18.3 Å². The van der Waals surface area contributed by atoms with Crippen molar-refractivity contribution in [1.29, 1.82) is 0 Å². The molecular formula is C12H10Cl2N2O4S. The van der Waals surface area contributed by atoms with Crippen LogP contribution >= 0.6 is 23.2 Å². The summed E-state index contributed by atoms with van der Waals surface area (Å²) in [5.41, 5.74) is -0.0332. The minimum Gasteiger partial charge on any atom is -0.478 e. The summed E-state index contributed by atoms with van der Waals surface area (Å²) in [6.07, 6.45) is 1.60. The number of aromatic nitrogens is 2. The van der Waals surface area contributed by atoms with E-state index in [4.69, 9.17) is 28.3 Å². The number of sulfone groups is 1. The number of halogens is 2. The van der Waals surface area contributed by atoms with Crippen LogP contribution in [0.3, 0.4) is 0 Å². The molecule has 9 heteroatoms. The van der Waals surface area contributed by atoms with Crippen molar-refractivity contribution in [2.45, 2.75) is 10.6 Å². The number of hydrogen-bond acceptors (Lipinski definition) is 4. The second kappa shape index (κ2) is 5.67. The second-order valence-corrected chi connectivity index (χ2v) is 7.08. The Labute approximate surface area is 130 Å². The molecule has 0 aliphatic heterocycles. The van der Waals surface area contributed by atoms with Crippen molar-refractivity contribution in [2.75, 3.05) is 0 Å². The smallest absolute Gasteiger partial charge is 0.337 e. The van der Waals surface area contributed by atoms with E-state index < -0.39 is 21.6 Å². The lowest BCUT2D eigenvalue weighted by molar-refractivity contribution is 0.0697. The minimum absolute atomic E-state index is 0.0172. The molecule has 0 amide bonds. The lowest BCUT2D eigenvalue weighted by Gasteiger charge is -2.08. The molecule has 0 spiro atoms. The van der Waals surface area contributed by atoms with Gasteiger partial charge in [0, 0.05) is 18.3 Å². The Bertz CT molecular complexity index is 815. The summed E-state index contributed by atoms with van der Waals surface area (Å²) in [5.74, 6) is -1.75. The quantitative estimate of drug-likeness (QED) is 0.916. The summed E-state index contributed by atoms with van der Waals surface area (Å²) >= 11 is 11.7. The fourth-order valence-corrected chi connectivity index (χ4v) is 3.97. The Morgan fingerprint density at radius 1 is 1.38 bits per heavy atom. The highest BCUT2D eigenvalue weighted by atomic mass is 35.5. The van der Waals surface area contributed by atoms with Gasteiger partial charge in [0.25, 0.3) is 0 Å². The molecule has 0 saturated carbocycles. The molecule has 0 aliphatic rings. The summed E-state index contributed by atoms with van der Waals surface area (Å²) in [5, 5.41) is 12.6. The Morgan fingerprint density at radius 3 is 2.57 bits per heavy atom. The lowest BCUT2D eigenvalue weighted by atomic mass is 10.2. The molecule has 6 nitrogen and oxygen atoms in total. The lowest BCUT2D eigenvalue weighted by Crippen LogP contribution is -2.09. The van der Waals surface area contributed by atoms with Crippen LogP contribution in [0.1, 0.15) is 16.1 Å². The van der Waals surface area contributed by atoms with Crippen molar-refractivity contribution in [3.8, 4) is 0 Å². The van der Waals surface area contributed by atoms with Crippen LogP contribution in [0.2, 0.25) is 10.0 Å². The van der Waals surface area contributed by atoms with Crippen molar-refractivity contribution in [2.24, 2.45) is 7.05 Å². The molecule has 0 fully saturated rings. The molecule has 0 aliphatic carbocycles. The molecule has 0 saturated heterocycles. The van der Waals surface area contributed by atoms with E-state index in [-0.39, 0.29) is 20.5 Å². The van der Waals surface area contributed by atoms with Crippen LogP contribution in [-0.4, -0.2) is 29.3 Å². The number of nitrogens with zero attached hydrogens (tertiary/aromatic N) is 2. The molecule has 2 rings (SSSR count). The Hall–Kier alpha value is -1.57. The van der Waals surface area contributed by atoms with Crippen LogP contribution in [0, 0.1) is 0 Å². The highest BCUT2D eigenvalue weighted by Gasteiger charge is 2.24. The third kappa shape index (κ3) is 3.37. The summed E-state index contributed by atoms with van der Waals surface area (Å²) in [4.78, 5) is 10.7. The zero-order chi connectivity index (χ0) is 15.8. The first-order chi connectivity index (χ1) is 9.70. The molecule has 1 aromatic carbocycles. The van der Waals surface area contributed by atoms with Crippen LogP contribution < -0.4 is 0 Å². The fourth-order valence-electron chi connectivity index (χ4n) is 1.76. The molecular weight excluding hydrogens is 339 g/mol. The van der Waals surface area contributed by atoms with Gasteiger partial charge in [0.15, 0.2) is 9.84 Å². The van der Waals surface area contributed by atoms with Crippen molar-refractivity contribution in [3.63, 3.8) is 0 Å². The van der Waals surface area contributed by atoms with Crippen LogP contribution in [0.4, 0.5) is 0 Å². The highest BCUT2D eigenvalue weighted by molar-refractivity contribution is 7.90. The van der Waals surface area contributed by atoms with Gasteiger partial charge < -0.3 is 5.11 Å². The highest BCUT2D eigenvalue weighted by Crippen LogP contribution is 2.31. The number of carboxylic acids is 1. The molecule has 1 heterocycles. The maximum Gasteiger partial charge on any atom is 0.337 e. The van der Waals surface area contributed by atoms with Gasteiger partial charge >= 0.3 is 5.97 Å². The SMILES string of the molecule is Cn1ccc(CS(=O)(=O)c2cc(Cl)cc(C(=O)O)c2Cl)n1. The van der Waals surface area contributed by atoms with E-state index in [0.717, 1.165) is 12.1 Å². The Balaban J connectivity index is 2.52. The van der Waals surface area contributed by atoms with Gasteiger partial charge in [-0.3, -0.25) is 4.68 Å². The number of hydrogen-bond donors (Lipinski definition) is 1. The van der Waals surface area contributed by atoms with Crippen LogP contribution in [-0.2, 0) is 22.6 Å². The van der Waals surface area contributed by atoms with E-state index in [1.165, 1.54) is 4.68 Å². The summed E-state index contributed by atoms with van der Waals surface area (Å²) in [6.45, 7) is 0. The average Bonchev–Trinajstić information content (AvgIpc) is 2.76. The number of rotatable bonds is 4. The molecule has 2 aromatic rings. The van der Waals surface area contributed by atoms with Gasteiger partial charge in [-0.05, 0) is 18.2 Å². The zero-order valence-corrected chi connectivity index (χ0v) is 13.1. The zero-order valence-electron chi connectivity index (χ0n) is 10.7. The molecule has 0 atom stereocenters. The fraction of sp³-hybridized carbons (Fsp3) is 0.167. The van der Waals surface area contributed by atoms with Gasteiger partial charge in [-0.2, -0.15) is 5.10 Å². The standard InChI is InChI=1S/C12H10Cl2N2O4S/c1-16-3-2-8(15-16)6-21(19,20)10-5-7(13)4-9(11(10)14)12(17)18/h2-5H,6H2,1H3,(H,17,18). The van der Waals surface area contributed by atoms with Gasteiger partial charge in [0.2, 0.25) is 0 Å². The number of benzene rings is 1. The third-order valence-electron chi connectivity index (χ3n) is 2.68. The summed E-state index contributed by atoms with van der Waals surface area (Å²) in [7, 11) is -2.21. The van der Waals surface area contributed by atoms with Gasteiger partial charge in [-0.15, -0.1) is 0 Å². The summed E-state index contributed by atoms with van der Waals surface area (Å²) in [6, 6.07) is 3.79. The Morgan fingerprint density at radius 2 is 2.05 bits per heavy atom. The predicted octanol–water partition coefficient (Wildman–Crippen LogP) is 2.40. The van der Waals surface area contributed by atoms with Crippen LogP contribution in [0.5, 0.6) is 0 Å². The van der Waals surface area contributed by atoms with Gasteiger partial charge in [-0.1, -0.05) is 23.2 Å². The van der Waals surface area contributed by atoms with E-state index in [2.05, 4.69) is 5.10 Å². The molecule has 0 radical (unpaired) electrons. The number of carbonyl (C=O) groups is 1. The number of aryl methyl sites for hydroxylation is 1. The minimum atomic E-state index is -3.86. The van der Waals surface area contributed by atoms with Gasteiger partial charge in [0.1, 0.15) is 0 Å². The van der Waals surface area contributed by atoms with E-state index in [9.17, 15) is 13.2 Å². The maximum atomic E-state index is 12.4. The largest absolute Gasteiger partial charge is 0.478 e. The van der Waals surface area contributed by atoms with Crippen molar-refractivity contribution in [3.05, 3.63) is 45.7 Å². The molecule has 1 aromatic heterocycles. The van der Waals surface area contributed by atoms with E-state index in [0.29, 0.717) is 5.69 Å². The molecule has 21 heavy (non-hydrogen) atoms. The monoisotopic (exact) mass is 348 g/mol. The average molecular weight is 349 g/mol. The molecule has 0 bridgehead atoms. The first-order valence-electron chi connectivity index (χ1n) is 5.64. The normalized spacial score (nSPS) is 11.6. The topological polar surface area (TPSA) is 89.3 Å². The number of aromatic carboxylic acids is 1. The number of carboxylic acid groups (broad SMARTS) is 1.